The minimum absolute atomic E-state index is 0.110. The first-order valence-corrected chi connectivity index (χ1v) is 7.73. The molecule has 2 rings (SSSR count). The molecule has 0 aromatic heterocycles. The highest BCUT2D eigenvalue weighted by molar-refractivity contribution is 9.10. The molecule has 116 valence electrons. The van der Waals surface area contributed by atoms with E-state index in [2.05, 4.69) is 48.5 Å². The summed E-state index contributed by atoms with van der Waals surface area (Å²) in [5.41, 5.74) is 0.584. The first-order chi connectivity index (χ1) is 9.60. The minimum atomic E-state index is -0.360. The summed E-state index contributed by atoms with van der Waals surface area (Å²) in [6, 6.07) is 5.17. The van der Waals surface area contributed by atoms with Crippen LogP contribution in [-0.4, -0.2) is 34.1 Å². The summed E-state index contributed by atoms with van der Waals surface area (Å²) in [7, 11) is 0. The van der Waals surface area contributed by atoms with Crippen LogP contribution in [0.5, 0.6) is 0 Å². The number of nitrogens with zero attached hydrogens (tertiary/aromatic N) is 2. The van der Waals surface area contributed by atoms with E-state index in [4.69, 9.17) is 4.74 Å². The summed E-state index contributed by atoms with van der Waals surface area (Å²) in [5.74, 6) is 0. The van der Waals surface area contributed by atoms with Crippen LogP contribution in [0.2, 0.25) is 0 Å². The molecular formula is C15H21BrN2O3. The van der Waals surface area contributed by atoms with E-state index in [1.54, 1.807) is 6.07 Å². The average molecular weight is 357 g/mol. The maximum absolute atomic E-state index is 11.0. The summed E-state index contributed by atoms with van der Waals surface area (Å²) in [5, 5.41) is 11.0. The van der Waals surface area contributed by atoms with Crippen molar-refractivity contribution in [1.82, 2.24) is 4.90 Å². The Morgan fingerprint density at radius 2 is 1.86 bits per heavy atom. The van der Waals surface area contributed by atoms with Crippen molar-refractivity contribution >= 4 is 21.6 Å². The molecule has 1 aromatic rings. The summed E-state index contributed by atoms with van der Waals surface area (Å²) >= 11 is 3.37. The van der Waals surface area contributed by atoms with E-state index in [1.807, 2.05) is 6.07 Å². The smallest absolute Gasteiger partial charge is 0.283 e. The predicted molar refractivity (Wildman–Crippen MR) is 85.3 cm³/mol. The van der Waals surface area contributed by atoms with Crippen LogP contribution < -0.4 is 0 Å². The predicted octanol–water partition coefficient (Wildman–Crippen LogP) is 3.75. The van der Waals surface area contributed by atoms with Crippen molar-refractivity contribution in [2.24, 2.45) is 0 Å². The van der Waals surface area contributed by atoms with Gasteiger partial charge in [0, 0.05) is 25.7 Å². The zero-order valence-electron chi connectivity index (χ0n) is 12.9. The maximum atomic E-state index is 11.0. The Bertz CT molecular complexity index is 542. The number of hydrogen-bond acceptors (Lipinski definition) is 4. The molecule has 0 amide bonds. The van der Waals surface area contributed by atoms with Crippen LogP contribution in [0.25, 0.3) is 0 Å². The molecule has 0 atom stereocenters. The van der Waals surface area contributed by atoms with E-state index in [0.29, 0.717) is 11.0 Å². The molecule has 1 aromatic carbocycles. The molecular weight excluding hydrogens is 336 g/mol. The van der Waals surface area contributed by atoms with E-state index >= 15 is 0 Å². The van der Waals surface area contributed by atoms with Crippen LogP contribution in [0, 0.1) is 10.1 Å². The van der Waals surface area contributed by atoms with Gasteiger partial charge >= 0.3 is 0 Å². The molecule has 1 heterocycles. The van der Waals surface area contributed by atoms with E-state index in [-0.39, 0.29) is 21.8 Å². The number of morpholine rings is 1. The van der Waals surface area contributed by atoms with Gasteiger partial charge in [-0.25, -0.2) is 0 Å². The van der Waals surface area contributed by atoms with E-state index in [0.717, 1.165) is 18.7 Å². The zero-order chi connectivity index (χ0) is 15.8. The van der Waals surface area contributed by atoms with Gasteiger partial charge in [0.2, 0.25) is 0 Å². The second-order valence-corrected chi connectivity index (χ2v) is 7.57. The standard InChI is InChI=1S/C15H21BrN2O3/c1-14(2)9-17(10-15(3,4)21-14)8-11-6-5-7-12(13(11)16)18(19)20/h5-7H,8-10H2,1-4H3. The Morgan fingerprint density at radius 1 is 1.29 bits per heavy atom. The summed E-state index contributed by atoms with van der Waals surface area (Å²) < 4.78 is 6.63. The lowest BCUT2D eigenvalue weighted by Crippen LogP contribution is -2.56. The monoisotopic (exact) mass is 356 g/mol. The molecule has 1 fully saturated rings. The van der Waals surface area contributed by atoms with E-state index in [1.165, 1.54) is 6.07 Å². The molecule has 0 spiro atoms. The molecule has 5 nitrogen and oxygen atoms in total. The van der Waals surface area contributed by atoms with Crippen molar-refractivity contribution in [3.63, 3.8) is 0 Å². The number of benzene rings is 1. The van der Waals surface area contributed by atoms with Crippen LogP contribution in [0.1, 0.15) is 33.3 Å². The second-order valence-electron chi connectivity index (χ2n) is 6.77. The number of halogens is 1. The fourth-order valence-electron chi connectivity index (χ4n) is 3.13. The Hall–Kier alpha value is -0.980. The molecule has 1 aliphatic rings. The molecule has 0 saturated carbocycles. The second kappa shape index (κ2) is 5.66. The third-order valence-electron chi connectivity index (χ3n) is 3.41. The van der Waals surface area contributed by atoms with Crippen LogP contribution in [-0.2, 0) is 11.3 Å². The lowest BCUT2D eigenvalue weighted by Gasteiger charge is -2.47. The third-order valence-corrected chi connectivity index (χ3v) is 4.33. The van der Waals surface area contributed by atoms with Gasteiger partial charge in [-0.3, -0.25) is 15.0 Å². The van der Waals surface area contributed by atoms with Crippen molar-refractivity contribution in [2.75, 3.05) is 13.1 Å². The molecule has 0 aliphatic carbocycles. The van der Waals surface area contributed by atoms with Gasteiger partial charge in [0.05, 0.1) is 20.6 Å². The molecule has 0 N–H and O–H groups in total. The van der Waals surface area contributed by atoms with Gasteiger partial charge in [-0.1, -0.05) is 12.1 Å². The van der Waals surface area contributed by atoms with Gasteiger partial charge in [-0.2, -0.15) is 0 Å². The van der Waals surface area contributed by atoms with Crippen molar-refractivity contribution in [1.29, 1.82) is 0 Å². The van der Waals surface area contributed by atoms with Gasteiger partial charge in [-0.05, 0) is 49.2 Å². The lowest BCUT2D eigenvalue weighted by atomic mass is 9.98. The molecule has 6 heteroatoms. The van der Waals surface area contributed by atoms with Crippen molar-refractivity contribution < 1.29 is 9.66 Å². The largest absolute Gasteiger partial charge is 0.367 e. The molecule has 0 radical (unpaired) electrons. The van der Waals surface area contributed by atoms with Gasteiger partial charge in [0.15, 0.2) is 0 Å². The lowest BCUT2D eigenvalue weighted by molar-refractivity contribution is -0.385. The quantitative estimate of drug-likeness (QED) is 0.611. The van der Waals surface area contributed by atoms with E-state index in [9.17, 15) is 10.1 Å². The van der Waals surface area contributed by atoms with Crippen molar-refractivity contribution in [3.05, 3.63) is 38.3 Å². The van der Waals surface area contributed by atoms with Gasteiger partial charge in [0.1, 0.15) is 0 Å². The molecule has 1 aliphatic heterocycles. The number of rotatable bonds is 3. The number of nitro groups is 1. The zero-order valence-corrected chi connectivity index (χ0v) is 14.4. The highest BCUT2D eigenvalue weighted by atomic mass is 79.9. The van der Waals surface area contributed by atoms with Crippen molar-refractivity contribution in [3.8, 4) is 0 Å². The summed E-state index contributed by atoms with van der Waals surface area (Å²) in [6.45, 7) is 10.6. The van der Waals surface area contributed by atoms with Crippen LogP contribution >= 0.6 is 15.9 Å². The van der Waals surface area contributed by atoms with Gasteiger partial charge < -0.3 is 4.74 Å². The van der Waals surface area contributed by atoms with Gasteiger partial charge in [-0.15, -0.1) is 0 Å². The molecule has 0 bridgehead atoms. The maximum Gasteiger partial charge on any atom is 0.283 e. The van der Waals surface area contributed by atoms with Crippen molar-refractivity contribution in [2.45, 2.75) is 45.4 Å². The average Bonchev–Trinajstić information content (AvgIpc) is 2.27. The SMILES string of the molecule is CC1(C)CN(Cc2cccc([N+](=O)[O-])c2Br)CC(C)(C)O1. The molecule has 21 heavy (non-hydrogen) atoms. The Labute approximate surface area is 133 Å². The first kappa shape index (κ1) is 16.4. The Morgan fingerprint density at radius 3 is 2.38 bits per heavy atom. The van der Waals surface area contributed by atoms with Gasteiger partial charge in [0.25, 0.3) is 5.69 Å². The highest BCUT2D eigenvalue weighted by Crippen LogP contribution is 2.32. The number of nitro benzene ring substituents is 1. The Kier molecular flexibility index (Phi) is 4.42. The minimum Gasteiger partial charge on any atom is -0.367 e. The topological polar surface area (TPSA) is 55.6 Å². The van der Waals surface area contributed by atoms with Crippen LogP contribution in [0.4, 0.5) is 5.69 Å². The fourth-order valence-corrected chi connectivity index (χ4v) is 3.66. The molecule has 0 unspecified atom stereocenters. The summed E-state index contributed by atoms with van der Waals surface area (Å²) in [4.78, 5) is 12.9. The first-order valence-electron chi connectivity index (χ1n) is 6.94. The fraction of sp³-hybridized carbons (Fsp3) is 0.600. The highest BCUT2D eigenvalue weighted by Gasteiger charge is 2.38. The number of hydrogen-bond donors (Lipinski definition) is 0. The van der Waals surface area contributed by atoms with Crippen LogP contribution in [0.15, 0.2) is 22.7 Å². The third kappa shape index (κ3) is 4.02. The van der Waals surface area contributed by atoms with Crippen LogP contribution in [0.3, 0.4) is 0 Å². The van der Waals surface area contributed by atoms with E-state index < -0.39 is 0 Å². The number of ether oxygens (including phenoxy) is 1. The normalized spacial score (nSPS) is 21.2. The summed E-state index contributed by atoms with van der Waals surface area (Å²) in [6.07, 6.45) is 0. The molecule has 1 saturated heterocycles. The Balaban J connectivity index is 2.22.